The fraction of sp³-hybridized carbons (Fsp3) is 0.391. The average Bonchev–Trinajstić information content (AvgIpc) is 2.61. The Morgan fingerprint density at radius 1 is 1.04 bits per heavy atom. The molecule has 1 N–H and O–H groups in total. The topological polar surface area (TPSA) is 49.4 Å². The Bertz CT molecular complexity index is 800. The van der Waals surface area contributed by atoms with Crippen molar-refractivity contribution >= 4 is 23.4 Å². The SMILES string of the molecule is CC[C@@H](C(=O)NC(C)(C)C)N(Cc1ccccc1)C(=O)Cc1cccc(Cl)c1. The first-order chi connectivity index (χ1) is 13.2. The molecule has 0 saturated carbocycles. The summed E-state index contributed by atoms with van der Waals surface area (Å²) >= 11 is 6.06. The van der Waals surface area contributed by atoms with Crippen molar-refractivity contribution in [3.05, 3.63) is 70.7 Å². The smallest absolute Gasteiger partial charge is 0.243 e. The number of hydrogen-bond acceptors (Lipinski definition) is 2. The van der Waals surface area contributed by atoms with Gasteiger partial charge in [-0.1, -0.05) is 61.0 Å². The third-order valence-corrected chi connectivity index (χ3v) is 4.56. The van der Waals surface area contributed by atoms with Crippen LogP contribution < -0.4 is 5.32 Å². The van der Waals surface area contributed by atoms with Gasteiger partial charge in [-0.3, -0.25) is 9.59 Å². The predicted molar refractivity (Wildman–Crippen MR) is 114 cm³/mol. The molecule has 0 aliphatic heterocycles. The van der Waals surface area contributed by atoms with Crippen molar-refractivity contribution in [2.24, 2.45) is 0 Å². The zero-order valence-corrected chi connectivity index (χ0v) is 17.8. The molecule has 150 valence electrons. The molecule has 0 heterocycles. The van der Waals surface area contributed by atoms with Crippen molar-refractivity contribution in [1.29, 1.82) is 0 Å². The highest BCUT2D eigenvalue weighted by atomic mass is 35.5. The number of halogens is 1. The van der Waals surface area contributed by atoms with Gasteiger partial charge >= 0.3 is 0 Å². The number of hydrogen-bond donors (Lipinski definition) is 1. The molecular formula is C23H29ClN2O2. The van der Waals surface area contributed by atoms with E-state index in [0.29, 0.717) is 18.0 Å². The van der Waals surface area contributed by atoms with Crippen LogP contribution in [0.1, 0.15) is 45.2 Å². The van der Waals surface area contributed by atoms with E-state index in [9.17, 15) is 9.59 Å². The van der Waals surface area contributed by atoms with Crippen LogP contribution >= 0.6 is 11.6 Å². The van der Waals surface area contributed by atoms with E-state index in [0.717, 1.165) is 11.1 Å². The van der Waals surface area contributed by atoms with Gasteiger partial charge in [-0.05, 0) is 50.5 Å². The predicted octanol–water partition coefficient (Wildman–Crippen LogP) is 4.60. The van der Waals surface area contributed by atoms with Crippen molar-refractivity contribution in [1.82, 2.24) is 10.2 Å². The number of carbonyl (C=O) groups excluding carboxylic acids is 2. The van der Waals surface area contributed by atoms with E-state index in [1.54, 1.807) is 17.0 Å². The quantitative estimate of drug-likeness (QED) is 0.738. The van der Waals surface area contributed by atoms with Crippen molar-refractivity contribution in [2.75, 3.05) is 0 Å². The second-order valence-electron chi connectivity index (χ2n) is 7.98. The van der Waals surface area contributed by atoms with E-state index < -0.39 is 6.04 Å². The molecule has 2 amide bonds. The maximum absolute atomic E-state index is 13.2. The summed E-state index contributed by atoms with van der Waals surface area (Å²) in [4.78, 5) is 27.8. The van der Waals surface area contributed by atoms with Crippen molar-refractivity contribution < 1.29 is 9.59 Å². The van der Waals surface area contributed by atoms with E-state index in [1.165, 1.54) is 0 Å². The first kappa shape index (κ1) is 22.0. The van der Waals surface area contributed by atoms with E-state index in [4.69, 9.17) is 11.6 Å². The Kier molecular flexibility index (Phi) is 7.64. The average molecular weight is 401 g/mol. The lowest BCUT2D eigenvalue weighted by Gasteiger charge is -2.33. The summed E-state index contributed by atoms with van der Waals surface area (Å²) in [7, 11) is 0. The van der Waals surface area contributed by atoms with E-state index in [1.807, 2.05) is 70.2 Å². The van der Waals surface area contributed by atoms with Crippen LogP contribution in [0.3, 0.4) is 0 Å². The van der Waals surface area contributed by atoms with Gasteiger partial charge in [-0.25, -0.2) is 0 Å². The summed E-state index contributed by atoms with van der Waals surface area (Å²) in [6.07, 6.45) is 0.739. The maximum atomic E-state index is 13.2. The molecule has 0 aliphatic rings. The number of rotatable bonds is 7. The minimum absolute atomic E-state index is 0.0953. The zero-order valence-electron chi connectivity index (χ0n) is 17.0. The normalized spacial score (nSPS) is 12.3. The molecule has 2 aromatic carbocycles. The molecule has 0 bridgehead atoms. The Hall–Kier alpha value is -2.33. The van der Waals surface area contributed by atoms with Crippen LogP contribution in [0.5, 0.6) is 0 Å². The summed E-state index contributed by atoms with van der Waals surface area (Å²) in [6.45, 7) is 8.13. The Balaban J connectivity index is 2.28. The highest BCUT2D eigenvalue weighted by molar-refractivity contribution is 6.30. The van der Waals surface area contributed by atoms with Gasteiger partial charge < -0.3 is 10.2 Å². The van der Waals surface area contributed by atoms with E-state index >= 15 is 0 Å². The number of benzene rings is 2. The molecule has 2 aromatic rings. The van der Waals surface area contributed by atoms with Gasteiger partial charge in [0.2, 0.25) is 11.8 Å². The molecule has 1 atom stereocenters. The monoisotopic (exact) mass is 400 g/mol. The lowest BCUT2D eigenvalue weighted by Crippen LogP contribution is -2.53. The van der Waals surface area contributed by atoms with Crippen LogP contribution in [0.4, 0.5) is 0 Å². The van der Waals surface area contributed by atoms with Gasteiger partial charge in [0.15, 0.2) is 0 Å². The first-order valence-electron chi connectivity index (χ1n) is 9.59. The Labute approximate surface area is 172 Å². The summed E-state index contributed by atoms with van der Waals surface area (Å²) in [5.41, 5.74) is 1.46. The lowest BCUT2D eigenvalue weighted by molar-refractivity contribution is -0.141. The largest absolute Gasteiger partial charge is 0.350 e. The molecule has 0 aromatic heterocycles. The van der Waals surface area contributed by atoms with Crippen molar-refractivity contribution in [2.45, 2.75) is 58.7 Å². The van der Waals surface area contributed by atoms with Crippen LogP contribution in [-0.2, 0) is 22.6 Å². The van der Waals surface area contributed by atoms with Crippen molar-refractivity contribution in [3.63, 3.8) is 0 Å². The van der Waals surface area contributed by atoms with Crippen LogP contribution in [-0.4, -0.2) is 28.3 Å². The van der Waals surface area contributed by atoms with Gasteiger partial charge in [-0.2, -0.15) is 0 Å². The standard InChI is InChI=1S/C23H29ClN2O2/c1-5-20(22(28)25-23(2,3)4)26(16-17-10-7-6-8-11-17)21(27)15-18-12-9-13-19(24)14-18/h6-14,20H,5,15-16H2,1-4H3,(H,25,28)/t20-/m0/s1. The number of nitrogens with one attached hydrogen (secondary N) is 1. The minimum Gasteiger partial charge on any atom is -0.350 e. The van der Waals surface area contributed by atoms with E-state index in [-0.39, 0.29) is 23.8 Å². The number of amides is 2. The molecule has 0 spiro atoms. The Morgan fingerprint density at radius 3 is 2.25 bits per heavy atom. The first-order valence-corrected chi connectivity index (χ1v) is 9.97. The summed E-state index contributed by atoms with van der Waals surface area (Å²) in [5.74, 6) is -0.229. The zero-order chi connectivity index (χ0) is 20.7. The highest BCUT2D eigenvalue weighted by Gasteiger charge is 2.30. The molecule has 0 saturated heterocycles. The third-order valence-electron chi connectivity index (χ3n) is 4.32. The second kappa shape index (κ2) is 9.74. The molecule has 5 heteroatoms. The van der Waals surface area contributed by atoms with Gasteiger partial charge in [0, 0.05) is 17.1 Å². The fourth-order valence-electron chi connectivity index (χ4n) is 3.08. The summed E-state index contributed by atoms with van der Waals surface area (Å²) < 4.78 is 0. The van der Waals surface area contributed by atoms with Gasteiger partial charge in [0.1, 0.15) is 6.04 Å². The van der Waals surface area contributed by atoms with Crippen LogP contribution in [0.2, 0.25) is 5.02 Å². The van der Waals surface area contributed by atoms with Crippen LogP contribution in [0, 0.1) is 0 Å². The van der Waals surface area contributed by atoms with Gasteiger partial charge in [0.05, 0.1) is 6.42 Å². The molecule has 4 nitrogen and oxygen atoms in total. The number of nitrogens with zero attached hydrogens (tertiary/aromatic N) is 1. The molecule has 28 heavy (non-hydrogen) atoms. The molecule has 0 aliphatic carbocycles. The third kappa shape index (κ3) is 6.68. The van der Waals surface area contributed by atoms with Crippen LogP contribution in [0.25, 0.3) is 0 Å². The molecule has 0 radical (unpaired) electrons. The molecule has 0 unspecified atom stereocenters. The van der Waals surface area contributed by atoms with Crippen LogP contribution in [0.15, 0.2) is 54.6 Å². The summed E-state index contributed by atoms with van der Waals surface area (Å²) in [6, 6.07) is 16.5. The molecular weight excluding hydrogens is 372 g/mol. The van der Waals surface area contributed by atoms with Gasteiger partial charge in [0.25, 0.3) is 0 Å². The fourth-order valence-corrected chi connectivity index (χ4v) is 3.29. The van der Waals surface area contributed by atoms with E-state index in [2.05, 4.69) is 5.32 Å². The lowest BCUT2D eigenvalue weighted by atomic mass is 10.0. The molecule has 2 rings (SSSR count). The van der Waals surface area contributed by atoms with Gasteiger partial charge in [-0.15, -0.1) is 0 Å². The molecule has 0 fully saturated rings. The minimum atomic E-state index is -0.536. The highest BCUT2D eigenvalue weighted by Crippen LogP contribution is 2.17. The number of carbonyl (C=O) groups is 2. The van der Waals surface area contributed by atoms with Crippen molar-refractivity contribution in [3.8, 4) is 0 Å². The Morgan fingerprint density at radius 2 is 1.68 bits per heavy atom. The maximum Gasteiger partial charge on any atom is 0.243 e. The summed E-state index contributed by atoms with van der Waals surface area (Å²) in [5, 5.41) is 3.61. The second-order valence-corrected chi connectivity index (χ2v) is 8.41.